The van der Waals surface area contributed by atoms with Gasteiger partial charge in [0.15, 0.2) is 0 Å². The molecule has 14 heteroatoms. The first-order chi connectivity index (χ1) is 21.2. The van der Waals surface area contributed by atoms with Crippen LogP contribution in [0, 0.1) is 20.2 Å². The maximum Gasteiger partial charge on any atom is 0.410 e. The topological polar surface area (TPSA) is 197 Å². The molecule has 0 saturated heterocycles. The van der Waals surface area contributed by atoms with E-state index in [4.69, 9.17) is 20.9 Å². The third-order valence-electron chi connectivity index (χ3n) is 6.94. The van der Waals surface area contributed by atoms with Crippen LogP contribution in [0.1, 0.15) is 62.5 Å². The third-order valence-corrected chi connectivity index (χ3v) is 6.94. The van der Waals surface area contributed by atoms with Crippen molar-refractivity contribution >= 4 is 23.6 Å². The second-order valence-electron chi connectivity index (χ2n) is 10.3. The Labute approximate surface area is 257 Å². The average Bonchev–Trinajstić information content (AvgIpc) is 3.02. The maximum atomic E-state index is 13.1. The fourth-order valence-corrected chi connectivity index (χ4v) is 4.33. The summed E-state index contributed by atoms with van der Waals surface area (Å²) in [6, 6.07) is 11.6. The molecule has 0 fully saturated rings. The van der Waals surface area contributed by atoms with Gasteiger partial charge >= 0.3 is 12.2 Å². The zero-order valence-electron chi connectivity index (χ0n) is 25.1. The van der Waals surface area contributed by atoms with E-state index in [0.29, 0.717) is 37.3 Å². The molecular formula is C30H44N6O8. The summed E-state index contributed by atoms with van der Waals surface area (Å²) in [7, 11) is 0. The lowest BCUT2D eigenvalue weighted by Gasteiger charge is -2.27. The van der Waals surface area contributed by atoms with E-state index in [1.54, 1.807) is 9.80 Å². The van der Waals surface area contributed by atoms with Gasteiger partial charge < -0.3 is 30.7 Å². The van der Waals surface area contributed by atoms with E-state index in [-0.39, 0.29) is 37.7 Å². The summed E-state index contributed by atoms with van der Waals surface area (Å²) >= 11 is 0. The lowest BCUT2D eigenvalue weighted by Crippen LogP contribution is -2.42. The van der Waals surface area contributed by atoms with E-state index >= 15 is 0 Å². The Hall–Kier alpha value is -4.30. The number of nitro benzene ring substituents is 2. The number of benzene rings is 2. The highest BCUT2D eigenvalue weighted by Crippen LogP contribution is 2.15. The number of rotatable bonds is 21. The van der Waals surface area contributed by atoms with Crippen LogP contribution in [-0.4, -0.2) is 71.1 Å². The smallest absolute Gasteiger partial charge is 0.410 e. The Bertz CT molecular complexity index is 1070. The Kier molecular flexibility index (Phi) is 16.8. The summed E-state index contributed by atoms with van der Waals surface area (Å²) in [5, 5.41) is 21.8. The summed E-state index contributed by atoms with van der Waals surface area (Å²) in [6.07, 6.45) is 5.78. The van der Waals surface area contributed by atoms with E-state index < -0.39 is 22.0 Å². The number of carbonyl (C=O) groups is 2. The fourth-order valence-electron chi connectivity index (χ4n) is 4.33. The molecule has 44 heavy (non-hydrogen) atoms. The molecule has 2 amide bonds. The number of unbranched alkanes of at least 4 members (excludes halogenated alkanes) is 6. The largest absolute Gasteiger partial charge is 0.445 e. The van der Waals surface area contributed by atoms with Crippen LogP contribution in [0.4, 0.5) is 21.0 Å². The highest BCUT2D eigenvalue weighted by atomic mass is 16.6. The van der Waals surface area contributed by atoms with Crippen molar-refractivity contribution < 1.29 is 28.9 Å². The molecule has 2 rings (SSSR count). The van der Waals surface area contributed by atoms with Crippen LogP contribution in [-0.2, 0) is 22.7 Å². The molecule has 0 spiro atoms. The lowest BCUT2D eigenvalue weighted by atomic mass is 10.2. The second-order valence-corrected chi connectivity index (χ2v) is 10.3. The zero-order valence-corrected chi connectivity index (χ0v) is 25.1. The molecule has 0 aliphatic rings. The van der Waals surface area contributed by atoms with Crippen molar-refractivity contribution in [3.05, 3.63) is 79.9 Å². The Balaban J connectivity index is 2.04. The predicted octanol–water partition coefficient (Wildman–Crippen LogP) is 5.12. The van der Waals surface area contributed by atoms with Gasteiger partial charge in [-0.25, -0.2) is 9.59 Å². The SMILES string of the molecule is NCCCCCCN(CCN(CCCCCCN)C(=O)OCc1ccc([N+](=O)[O-])cc1)C(=O)OCc1ccc([N+](=O)[O-])cc1. The summed E-state index contributed by atoms with van der Waals surface area (Å²) in [6.45, 7) is 2.37. The van der Waals surface area contributed by atoms with Crippen LogP contribution < -0.4 is 11.5 Å². The first kappa shape index (κ1) is 35.9. The fraction of sp³-hybridized carbons (Fsp3) is 0.533. The zero-order chi connectivity index (χ0) is 32.2. The van der Waals surface area contributed by atoms with Gasteiger partial charge in [0.2, 0.25) is 0 Å². The molecule has 0 aromatic heterocycles. The number of nitrogens with two attached hydrogens (primary N) is 2. The van der Waals surface area contributed by atoms with Crippen molar-refractivity contribution in [1.82, 2.24) is 9.80 Å². The Morgan fingerprint density at radius 1 is 0.568 bits per heavy atom. The number of nitro groups is 2. The molecule has 242 valence electrons. The van der Waals surface area contributed by atoms with Crippen molar-refractivity contribution in [2.24, 2.45) is 11.5 Å². The van der Waals surface area contributed by atoms with Crippen molar-refractivity contribution in [3.63, 3.8) is 0 Å². The van der Waals surface area contributed by atoms with Crippen molar-refractivity contribution in [2.75, 3.05) is 39.3 Å². The number of non-ortho nitro benzene ring substituents is 2. The minimum absolute atomic E-state index is 0.0529. The van der Waals surface area contributed by atoms with Crippen LogP contribution >= 0.6 is 0 Å². The normalized spacial score (nSPS) is 10.7. The van der Waals surface area contributed by atoms with Gasteiger partial charge in [-0.15, -0.1) is 0 Å². The van der Waals surface area contributed by atoms with Gasteiger partial charge in [-0.1, -0.05) is 25.7 Å². The van der Waals surface area contributed by atoms with E-state index in [1.807, 2.05) is 0 Å². The minimum Gasteiger partial charge on any atom is -0.445 e. The van der Waals surface area contributed by atoms with Gasteiger partial charge in [-0.2, -0.15) is 0 Å². The highest BCUT2D eigenvalue weighted by molar-refractivity contribution is 5.69. The minimum atomic E-state index is -0.552. The van der Waals surface area contributed by atoms with Gasteiger partial charge in [-0.3, -0.25) is 20.2 Å². The maximum absolute atomic E-state index is 13.1. The molecule has 0 bridgehead atoms. The number of carbonyl (C=O) groups excluding carboxylic acids is 2. The molecule has 0 atom stereocenters. The summed E-state index contributed by atoms with van der Waals surface area (Å²) < 4.78 is 11.0. The van der Waals surface area contributed by atoms with Crippen LogP contribution in [0.15, 0.2) is 48.5 Å². The highest BCUT2D eigenvalue weighted by Gasteiger charge is 2.20. The molecule has 0 heterocycles. The molecule has 0 aliphatic carbocycles. The molecule has 0 radical (unpaired) electrons. The van der Waals surface area contributed by atoms with E-state index in [0.717, 1.165) is 51.4 Å². The average molecular weight is 617 g/mol. The molecule has 14 nitrogen and oxygen atoms in total. The number of amides is 2. The van der Waals surface area contributed by atoms with Crippen molar-refractivity contribution in [1.29, 1.82) is 0 Å². The molecule has 0 saturated carbocycles. The molecule has 0 aliphatic heterocycles. The second kappa shape index (κ2) is 20.6. The first-order valence-electron chi connectivity index (χ1n) is 14.9. The van der Waals surface area contributed by atoms with Crippen LogP contribution in [0.2, 0.25) is 0 Å². The van der Waals surface area contributed by atoms with E-state index in [1.165, 1.54) is 48.5 Å². The van der Waals surface area contributed by atoms with Gasteiger partial charge in [0.05, 0.1) is 9.85 Å². The molecule has 0 unspecified atom stereocenters. The Morgan fingerprint density at radius 3 is 1.23 bits per heavy atom. The van der Waals surface area contributed by atoms with Crippen molar-refractivity contribution in [3.8, 4) is 0 Å². The summed E-state index contributed by atoms with van der Waals surface area (Å²) in [5.41, 5.74) is 12.3. The molecule has 4 N–H and O–H groups in total. The standard InChI is InChI=1S/C30H44N6O8/c31-17-5-1-3-7-19-33(29(37)43-23-25-9-13-27(14-10-25)35(39)40)21-22-34(20-8-4-2-6-18-32)30(38)44-24-26-11-15-28(16-12-26)36(41)42/h9-16H,1-8,17-24,31-32H2. The summed E-state index contributed by atoms with van der Waals surface area (Å²) in [5.74, 6) is 0. The third kappa shape index (κ3) is 13.8. The van der Waals surface area contributed by atoms with Crippen LogP contribution in [0.25, 0.3) is 0 Å². The summed E-state index contributed by atoms with van der Waals surface area (Å²) in [4.78, 5) is 50.1. The van der Waals surface area contributed by atoms with E-state index in [9.17, 15) is 29.8 Å². The molecular weight excluding hydrogens is 572 g/mol. The lowest BCUT2D eigenvalue weighted by molar-refractivity contribution is -0.385. The van der Waals surface area contributed by atoms with Gasteiger partial charge in [0.1, 0.15) is 13.2 Å². The van der Waals surface area contributed by atoms with E-state index in [2.05, 4.69) is 0 Å². The first-order valence-corrected chi connectivity index (χ1v) is 14.9. The van der Waals surface area contributed by atoms with Gasteiger partial charge in [0.25, 0.3) is 11.4 Å². The number of hydrogen-bond acceptors (Lipinski definition) is 10. The van der Waals surface area contributed by atoms with Crippen LogP contribution in [0.3, 0.4) is 0 Å². The quantitative estimate of drug-likeness (QED) is 0.108. The van der Waals surface area contributed by atoms with Gasteiger partial charge in [-0.05, 0) is 74.2 Å². The number of ether oxygens (including phenoxy) is 2. The van der Waals surface area contributed by atoms with Gasteiger partial charge in [0, 0.05) is 50.4 Å². The van der Waals surface area contributed by atoms with Crippen LogP contribution in [0.5, 0.6) is 0 Å². The Morgan fingerprint density at radius 2 is 0.909 bits per heavy atom. The number of hydrogen-bond donors (Lipinski definition) is 2. The number of nitrogens with zero attached hydrogens (tertiary/aromatic N) is 4. The van der Waals surface area contributed by atoms with Crippen molar-refractivity contribution in [2.45, 2.75) is 64.6 Å². The molecule has 2 aromatic carbocycles. The molecule has 2 aromatic rings. The monoisotopic (exact) mass is 616 g/mol. The predicted molar refractivity (Wildman–Crippen MR) is 165 cm³/mol.